The van der Waals surface area contributed by atoms with Crippen LogP contribution in [-0.4, -0.2) is 27.4 Å². The first kappa shape index (κ1) is 23.5. The fourth-order valence-electron chi connectivity index (χ4n) is 2.93. The largest absolute Gasteiger partial charge is 0.477 e. The molecule has 0 saturated heterocycles. The van der Waals surface area contributed by atoms with Crippen molar-refractivity contribution in [3.05, 3.63) is 80.1 Å². The molecule has 3 rings (SSSR count). The third-order valence-electron chi connectivity index (χ3n) is 4.23. The van der Waals surface area contributed by atoms with Gasteiger partial charge in [-0.15, -0.1) is 0 Å². The number of rotatable bonds is 5. The van der Waals surface area contributed by atoms with Crippen molar-refractivity contribution in [2.75, 3.05) is 6.61 Å². The SMILES string of the molecule is CCC.O=C(O)c1cn(CCO)c2cc(F)c(Cc3cccc(Cl)c3F)cc2c1=O. The second-order valence-corrected chi connectivity index (χ2v) is 7.06. The number of benzene rings is 2. The Balaban J connectivity index is 0.00000101. The Kier molecular flexibility index (Phi) is 8.08. The van der Waals surface area contributed by atoms with Crippen LogP contribution >= 0.6 is 11.6 Å². The summed E-state index contributed by atoms with van der Waals surface area (Å²) in [4.78, 5) is 23.8. The summed E-state index contributed by atoms with van der Waals surface area (Å²) >= 11 is 5.74. The number of aliphatic hydroxyl groups excluding tert-OH is 1. The highest BCUT2D eigenvalue weighted by atomic mass is 35.5. The van der Waals surface area contributed by atoms with E-state index in [0.29, 0.717) is 0 Å². The van der Waals surface area contributed by atoms with Crippen molar-refractivity contribution >= 4 is 28.5 Å². The maximum absolute atomic E-state index is 14.6. The number of carboxylic acid groups (broad SMARTS) is 1. The summed E-state index contributed by atoms with van der Waals surface area (Å²) in [5, 5.41) is 18.3. The number of fused-ring (bicyclic) bond motifs is 1. The molecule has 0 saturated carbocycles. The predicted molar refractivity (Wildman–Crippen MR) is 112 cm³/mol. The van der Waals surface area contributed by atoms with Crippen LogP contribution in [0.5, 0.6) is 0 Å². The van der Waals surface area contributed by atoms with Gasteiger partial charge in [0.15, 0.2) is 0 Å². The van der Waals surface area contributed by atoms with Crippen LogP contribution in [0, 0.1) is 11.6 Å². The molecular formula is C22H22ClF2NO4. The first-order valence-electron chi connectivity index (χ1n) is 9.37. The molecule has 0 aliphatic heterocycles. The van der Waals surface area contributed by atoms with Gasteiger partial charge >= 0.3 is 5.97 Å². The third-order valence-corrected chi connectivity index (χ3v) is 4.52. The van der Waals surface area contributed by atoms with Crippen molar-refractivity contribution in [2.24, 2.45) is 0 Å². The minimum atomic E-state index is -1.43. The van der Waals surface area contributed by atoms with Gasteiger partial charge in [-0.3, -0.25) is 4.79 Å². The molecule has 8 heteroatoms. The quantitative estimate of drug-likeness (QED) is 0.610. The smallest absolute Gasteiger partial charge is 0.341 e. The molecule has 0 aliphatic rings. The second-order valence-electron chi connectivity index (χ2n) is 6.65. The number of aliphatic hydroxyl groups is 1. The molecule has 3 aromatic rings. The van der Waals surface area contributed by atoms with Crippen LogP contribution in [-0.2, 0) is 13.0 Å². The zero-order valence-electron chi connectivity index (χ0n) is 16.6. The predicted octanol–water partition coefficient (Wildman–Crippen LogP) is 4.63. The molecule has 0 atom stereocenters. The molecule has 0 bridgehead atoms. The van der Waals surface area contributed by atoms with Crippen LogP contribution in [0.1, 0.15) is 41.8 Å². The maximum atomic E-state index is 14.6. The van der Waals surface area contributed by atoms with E-state index in [-0.39, 0.29) is 46.6 Å². The molecule has 30 heavy (non-hydrogen) atoms. The number of hydrogen-bond acceptors (Lipinski definition) is 3. The Hall–Kier alpha value is -2.77. The standard InChI is InChI=1S/C19H14ClF2NO4.C3H8/c20-14-3-1-2-10(17(14)22)6-11-7-12-16(8-15(11)21)23(4-5-24)9-13(18(12)25)19(26)27;1-3-2/h1-3,7-9,24H,4-6H2,(H,26,27);3H2,1-2H3. The highest BCUT2D eigenvalue weighted by Gasteiger charge is 2.18. The van der Waals surface area contributed by atoms with Gasteiger partial charge in [-0.2, -0.15) is 0 Å². The Morgan fingerprint density at radius 1 is 1.17 bits per heavy atom. The van der Waals surface area contributed by atoms with E-state index in [1.165, 1.54) is 35.3 Å². The molecular weight excluding hydrogens is 416 g/mol. The van der Waals surface area contributed by atoms with E-state index in [1.54, 1.807) is 0 Å². The van der Waals surface area contributed by atoms with Crippen molar-refractivity contribution in [3.63, 3.8) is 0 Å². The number of halogens is 3. The van der Waals surface area contributed by atoms with E-state index in [0.717, 1.165) is 12.3 Å². The van der Waals surface area contributed by atoms with Gasteiger partial charge in [-0.25, -0.2) is 13.6 Å². The zero-order valence-corrected chi connectivity index (χ0v) is 17.3. The zero-order chi connectivity index (χ0) is 22.4. The van der Waals surface area contributed by atoms with Gasteiger partial charge in [0.2, 0.25) is 5.43 Å². The number of pyridine rings is 1. The van der Waals surface area contributed by atoms with Gasteiger partial charge in [0.05, 0.1) is 17.1 Å². The molecule has 2 aromatic carbocycles. The van der Waals surface area contributed by atoms with Crippen molar-refractivity contribution in [3.8, 4) is 0 Å². The van der Waals surface area contributed by atoms with E-state index in [9.17, 15) is 23.5 Å². The Labute approximate surface area is 177 Å². The summed E-state index contributed by atoms with van der Waals surface area (Å²) in [6.45, 7) is 3.91. The minimum Gasteiger partial charge on any atom is -0.477 e. The minimum absolute atomic E-state index is 0.0151. The number of carbonyl (C=O) groups is 1. The average Bonchev–Trinajstić information content (AvgIpc) is 2.69. The van der Waals surface area contributed by atoms with E-state index < -0.39 is 28.6 Å². The highest BCUT2D eigenvalue weighted by molar-refractivity contribution is 6.30. The van der Waals surface area contributed by atoms with Gasteiger partial charge in [-0.05, 0) is 29.3 Å². The fourth-order valence-corrected chi connectivity index (χ4v) is 3.12. The van der Waals surface area contributed by atoms with Crippen LogP contribution in [0.3, 0.4) is 0 Å². The van der Waals surface area contributed by atoms with Crippen LogP contribution in [0.15, 0.2) is 41.3 Å². The van der Waals surface area contributed by atoms with Gasteiger partial charge in [0.1, 0.15) is 17.2 Å². The van der Waals surface area contributed by atoms with Crippen molar-refractivity contribution in [1.29, 1.82) is 0 Å². The van der Waals surface area contributed by atoms with E-state index in [1.807, 2.05) is 0 Å². The monoisotopic (exact) mass is 437 g/mol. The Morgan fingerprint density at radius 3 is 2.43 bits per heavy atom. The van der Waals surface area contributed by atoms with Crippen molar-refractivity contribution in [2.45, 2.75) is 33.2 Å². The van der Waals surface area contributed by atoms with Gasteiger partial charge < -0.3 is 14.8 Å². The molecule has 0 fully saturated rings. The molecule has 0 amide bonds. The molecule has 5 nitrogen and oxygen atoms in total. The summed E-state index contributed by atoms with van der Waals surface area (Å²) in [6.07, 6.45) is 2.16. The first-order chi connectivity index (χ1) is 14.2. The molecule has 160 valence electrons. The second kappa shape index (κ2) is 10.3. The van der Waals surface area contributed by atoms with Gasteiger partial charge in [-0.1, -0.05) is 44.0 Å². The van der Waals surface area contributed by atoms with Crippen molar-refractivity contribution < 1.29 is 23.8 Å². The summed E-state index contributed by atoms with van der Waals surface area (Å²) in [5.41, 5.74) is -0.960. The molecule has 0 radical (unpaired) electrons. The lowest BCUT2D eigenvalue weighted by Gasteiger charge is -2.13. The Morgan fingerprint density at radius 2 is 1.83 bits per heavy atom. The average molecular weight is 438 g/mol. The molecule has 1 aromatic heterocycles. The first-order valence-corrected chi connectivity index (χ1v) is 9.75. The van der Waals surface area contributed by atoms with Crippen LogP contribution in [0.25, 0.3) is 10.9 Å². The normalized spacial score (nSPS) is 10.6. The van der Waals surface area contributed by atoms with E-state index in [4.69, 9.17) is 16.7 Å². The lowest BCUT2D eigenvalue weighted by atomic mass is 10.0. The highest BCUT2D eigenvalue weighted by Crippen LogP contribution is 2.24. The number of aromatic carboxylic acids is 1. The molecule has 0 spiro atoms. The maximum Gasteiger partial charge on any atom is 0.341 e. The molecule has 1 heterocycles. The number of aromatic nitrogens is 1. The Bertz CT molecular complexity index is 1130. The van der Waals surface area contributed by atoms with Crippen LogP contribution in [0.2, 0.25) is 5.02 Å². The summed E-state index contributed by atoms with van der Waals surface area (Å²) < 4.78 is 30.0. The fraction of sp³-hybridized carbons (Fsp3) is 0.273. The summed E-state index contributed by atoms with van der Waals surface area (Å²) in [6, 6.07) is 6.63. The summed E-state index contributed by atoms with van der Waals surface area (Å²) in [7, 11) is 0. The topological polar surface area (TPSA) is 79.5 Å². The molecule has 0 aliphatic carbocycles. The lowest BCUT2D eigenvalue weighted by molar-refractivity contribution is 0.0694. The number of carboxylic acids is 1. The van der Waals surface area contributed by atoms with Crippen LogP contribution in [0.4, 0.5) is 8.78 Å². The summed E-state index contributed by atoms with van der Waals surface area (Å²) in [5.74, 6) is -2.80. The van der Waals surface area contributed by atoms with Crippen LogP contribution < -0.4 is 5.43 Å². The molecule has 0 unspecified atom stereocenters. The molecule has 2 N–H and O–H groups in total. The van der Waals surface area contributed by atoms with Crippen molar-refractivity contribution in [1.82, 2.24) is 4.57 Å². The lowest BCUT2D eigenvalue weighted by Crippen LogP contribution is -2.20. The van der Waals surface area contributed by atoms with E-state index in [2.05, 4.69) is 13.8 Å². The van der Waals surface area contributed by atoms with Gasteiger partial charge in [0.25, 0.3) is 0 Å². The third kappa shape index (κ3) is 5.04. The van der Waals surface area contributed by atoms with E-state index >= 15 is 0 Å². The van der Waals surface area contributed by atoms with Gasteiger partial charge in [0, 0.05) is 24.5 Å². The number of hydrogen-bond donors (Lipinski definition) is 2. The number of nitrogens with zero attached hydrogens (tertiary/aromatic N) is 1.